The molecule has 0 radical (unpaired) electrons. The second-order valence-electron chi connectivity index (χ2n) is 7.63. The molecule has 8 nitrogen and oxygen atoms in total. The Morgan fingerprint density at radius 1 is 1.39 bits per heavy atom. The van der Waals surface area contributed by atoms with E-state index in [1.807, 2.05) is 0 Å². The lowest BCUT2D eigenvalue weighted by Gasteiger charge is -2.46. The van der Waals surface area contributed by atoms with Gasteiger partial charge in [-0.05, 0) is 31.0 Å². The first-order chi connectivity index (χ1) is 13.0. The van der Waals surface area contributed by atoms with Crippen molar-refractivity contribution in [3.63, 3.8) is 0 Å². The number of aromatic hydroxyl groups is 1. The molecule has 2 aliphatic rings. The standard InChI is InChI=1S/C17H23Cl2N3O5S/c1-28(26,27)21-7-17(25)8-22(9-17)14(24)5-10-4-12(20-6-10)15-13(23)3-2-11(18)16(15)19/h2-3,10,12,20-21,23,25H,4-9H2,1H3/t10-,12+/m0/s1. The summed E-state index contributed by atoms with van der Waals surface area (Å²) in [5.41, 5.74) is -0.691. The summed E-state index contributed by atoms with van der Waals surface area (Å²) in [7, 11) is -3.39. The van der Waals surface area contributed by atoms with E-state index in [0.717, 1.165) is 6.26 Å². The van der Waals surface area contributed by atoms with E-state index in [4.69, 9.17) is 23.2 Å². The Bertz CT molecular complexity index is 874. The maximum Gasteiger partial charge on any atom is 0.223 e. The molecule has 3 rings (SSSR count). The molecule has 1 aromatic rings. The number of hydrogen-bond donors (Lipinski definition) is 4. The molecule has 2 saturated heterocycles. The zero-order valence-electron chi connectivity index (χ0n) is 15.3. The van der Waals surface area contributed by atoms with Gasteiger partial charge in [-0.3, -0.25) is 4.79 Å². The summed E-state index contributed by atoms with van der Waals surface area (Å²) >= 11 is 12.3. The third-order valence-corrected chi connectivity index (χ3v) is 6.62. The zero-order chi connectivity index (χ0) is 20.7. The van der Waals surface area contributed by atoms with Crippen LogP contribution in [-0.2, 0) is 14.8 Å². The molecule has 28 heavy (non-hydrogen) atoms. The summed E-state index contributed by atoms with van der Waals surface area (Å²) in [6, 6.07) is 2.83. The number of β-amino-alcohol motifs (C(OH)–C–C–N with tert-alkyl or cyclic N) is 1. The average molecular weight is 452 g/mol. The van der Waals surface area contributed by atoms with Crippen LogP contribution in [0, 0.1) is 5.92 Å². The van der Waals surface area contributed by atoms with Crippen LogP contribution >= 0.6 is 23.2 Å². The Labute approximate surface area is 173 Å². The molecule has 0 unspecified atom stereocenters. The van der Waals surface area contributed by atoms with E-state index in [9.17, 15) is 23.4 Å². The molecule has 0 spiro atoms. The van der Waals surface area contributed by atoms with Crippen LogP contribution in [0.1, 0.15) is 24.4 Å². The highest BCUT2D eigenvalue weighted by atomic mass is 35.5. The van der Waals surface area contributed by atoms with Crippen molar-refractivity contribution in [1.29, 1.82) is 0 Å². The highest BCUT2D eigenvalue weighted by Gasteiger charge is 2.44. The zero-order valence-corrected chi connectivity index (χ0v) is 17.6. The van der Waals surface area contributed by atoms with Gasteiger partial charge in [-0.1, -0.05) is 23.2 Å². The van der Waals surface area contributed by atoms with Gasteiger partial charge in [0.1, 0.15) is 11.4 Å². The summed E-state index contributed by atoms with van der Waals surface area (Å²) in [5.74, 6) is 0.0118. The number of sulfonamides is 1. The highest BCUT2D eigenvalue weighted by Crippen LogP contribution is 2.41. The van der Waals surface area contributed by atoms with Crippen LogP contribution in [0.3, 0.4) is 0 Å². The Hall–Kier alpha value is -1.10. The molecule has 1 aromatic carbocycles. The van der Waals surface area contributed by atoms with Crippen LogP contribution in [0.2, 0.25) is 10.0 Å². The summed E-state index contributed by atoms with van der Waals surface area (Å²) in [6.45, 7) is 0.666. The first-order valence-electron chi connectivity index (χ1n) is 8.82. The average Bonchev–Trinajstić information content (AvgIpc) is 3.01. The van der Waals surface area contributed by atoms with Gasteiger partial charge in [0.2, 0.25) is 15.9 Å². The second-order valence-corrected chi connectivity index (χ2v) is 10.2. The van der Waals surface area contributed by atoms with Gasteiger partial charge < -0.3 is 20.4 Å². The van der Waals surface area contributed by atoms with Gasteiger partial charge in [-0.15, -0.1) is 0 Å². The summed E-state index contributed by atoms with van der Waals surface area (Å²) in [6.07, 6.45) is 1.93. The minimum absolute atomic E-state index is 0.0507. The van der Waals surface area contributed by atoms with Crippen LogP contribution in [0.25, 0.3) is 0 Å². The molecular formula is C17H23Cl2N3O5S. The van der Waals surface area contributed by atoms with Gasteiger partial charge in [-0.2, -0.15) is 0 Å². The highest BCUT2D eigenvalue weighted by molar-refractivity contribution is 7.88. The number of nitrogens with zero attached hydrogens (tertiary/aromatic N) is 1. The van der Waals surface area contributed by atoms with Gasteiger partial charge in [-0.25, -0.2) is 13.1 Å². The number of phenols is 1. The van der Waals surface area contributed by atoms with Crippen LogP contribution in [-0.4, -0.2) is 67.5 Å². The molecule has 2 aliphatic heterocycles. The topological polar surface area (TPSA) is 119 Å². The van der Waals surface area contributed by atoms with E-state index < -0.39 is 15.6 Å². The molecule has 11 heteroatoms. The summed E-state index contributed by atoms with van der Waals surface area (Å²) in [4.78, 5) is 14.0. The third-order valence-electron chi connectivity index (χ3n) is 5.13. The lowest BCUT2D eigenvalue weighted by atomic mass is 9.92. The molecule has 2 fully saturated rings. The molecule has 1 amide bonds. The largest absolute Gasteiger partial charge is 0.508 e. The van der Waals surface area contributed by atoms with E-state index in [0.29, 0.717) is 28.6 Å². The van der Waals surface area contributed by atoms with Gasteiger partial charge in [0, 0.05) is 24.6 Å². The molecule has 4 N–H and O–H groups in total. The van der Waals surface area contributed by atoms with Crippen molar-refractivity contribution >= 4 is 39.1 Å². The van der Waals surface area contributed by atoms with Crippen molar-refractivity contribution in [3.8, 4) is 5.75 Å². The number of amides is 1. The number of halogens is 2. The van der Waals surface area contributed by atoms with Crippen molar-refractivity contribution < 1.29 is 23.4 Å². The number of hydrogen-bond acceptors (Lipinski definition) is 6. The fraction of sp³-hybridized carbons (Fsp3) is 0.588. The number of carbonyl (C=O) groups is 1. The van der Waals surface area contributed by atoms with Crippen LogP contribution in [0.5, 0.6) is 5.75 Å². The molecule has 0 bridgehead atoms. The number of rotatable bonds is 6. The number of aliphatic hydroxyl groups is 1. The quantitative estimate of drug-likeness (QED) is 0.509. The predicted molar refractivity (Wildman–Crippen MR) is 106 cm³/mol. The Kier molecular flexibility index (Phi) is 6.15. The lowest BCUT2D eigenvalue weighted by molar-refractivity contribution is -0.154. The second kappa shape index (κ2) is 7.97. The lowest BCUT2D eigenvalue weighted by Crippen LogP contribution is -2.67. The number of carbonyl (C=O) groups excluding carboxylic acids is 1. The SMILES string of the molecule is CS(=O)(=O)NCC1(O)CN(C(=O)C[C@H]2CN[C@@H](c3c(O)ccc(Cl)c3Cl)C2)C1. The molecule has 156 valence electrons. The Morgan fingerprint density at radius 3 is 2.71 bits per heavy atom. The maximum absolute atomic E-state index is 12.5. The Balaban J connectivity index is 1.52. The Morgan fingerprint density at radius 2 is 2.07 bits per heavy atom. The minimum Gasteiger partial charge on any atom is -0.508 e. The van der Waals surface area contributed by atoms with E-state index in [1.54, 1.807) is 0 Å². The molecule has 0 aromatic heterocycles. The van der Waals surface area contributed by atoms with Crippen LogP contribution < -0.4 is 10.0 Å². The third kappa shape index (κ3) is 4.90. The number of likely N-dealkylation sites (tertiary alicyclic amines) is 1. The first kappa shape index (κ1) is 21.6. The fourth-order valence-electron chi connectivity index (χ4n) is 3.67. The van der Waals surface area contributed by atoms with Crippen LogP contribution in [0.15, 0.2) is 12.1 Å². The molecule has 2 atom stereocenters. The monoisotopic (exact) mass is 451 g/mol. The van der Waals surface area contributed by atoms with E-state index in [1.165, 1.54) is 17.0 Å². The van der Waals surface area contributed by atoms with Crippen molar-refractivity contribution in [3.05, 3.63) is 27.7 Å². The van der Waals surface area contributed by atoms with E-state index >= 15 is 0 Å². The maximum atomic E-state index is 12.5. The van der Waals surface area contributed by atoms with E-state index in [2.05, 4.69) is 10.0 Å². The van der Waals surface area contributed by atoms with Crippen molar-refractivity contribution in [2.45, 2.75) is 24.5 Å². The van der Waals surface area contributed by atoms with E-state index in [-0.39, 0.29) is 49.7 Å². The molecular weight excluding hydrogens is 429 g/mol. The number of nitrogens with one attached hydrogen (secondary N) is 2. The molecule has 0 saturated carbocycles. The smallest absolute Gasteiger partial charge is 0.223 e. The van der Waals surface area contributed by atoms with Gasteiger partial charge >= 0.3 is 0 Å². The van der Waals surface area contributed by atoms with Gasteiger partial charge in [0.15, 0.2) is 0 Å². The van der Waals surface area contributed by atoms with Crippen molar-refractivity contribution in [2.24, 2.45) is 5.92 Å². The number of phenolic OH excluding ortho intramolecular Hbond substituents is 1. The molecule has 0 aliphatic carbocycles. The molecule has 2 heterocycles. The predicted octanol–water partition coefficient (Wildman–Crippen LogP) is 0.862. The van der Waals surface area contributed by atoms with Crippen LogP contribution in [0.4, 0.5) is 0 Å². The number of benzene rings is 1. The summed E-state index contributed by atoms with van der Waals surface area (Å²) < 4.78 is 24.5. The van der Waals surface area contributed by atoms with Gasteiger partial charge in [0.05, 0.1) is 29.4 Å². The van der Waals surface area contributed by atoms with Crippen molar-refractivity contribution in [2.75, 3.05) is 32.4 Å². The summed E-state index contributed by atoms with van der Waals surface area (Å²) in [5, 5.41) is 24.3. The minimum atomic E-state index is -3.39. The first-order valence-corrected chi connectivity index (χ1v) is 11.5. The normalized spacial score (nSPS) is 24.2. The van der Waals surface area contributed by atoms with Crippen molar-refractivity contribution in [1.82, 2.24) is 14.9 Å². The van der Waals surface area contributed by atoms with Gasteiger partial charge in [0.25, 0.3) is 0 Å². The fourth-order valence-corrected chi connectivity index (χ4v) is 4.65.